The zero-order valence-electron chi connectivity index (χ0n) is 15.7. The number of nitrogens with one attached hydrogen (secondary N) is 1. The summed E-state index contributed by atoms with van der Waals surface area (Å²) in [6.45, 7) is 0.762. The van der Waals surface area contributed by atoms with Gasteiger partial charge in [0.1, 0.15) is 12.3 Å². The van der Waals surface area contributed by atoms with E-state index in [9.17, 15) is 13.2 Å². The van der Waals surface area contributed by atoms with Gasteiger partial charge in [-0.15, -0.1) is 0 Å². The van der Waals surface area contributed by atoms with E-state index in [0.29, 0.717) is 24.6 Å². The number of benzene rings is 2. The van der Waals surface area contributed by atoms with Gasteiger partial charge >= 0.3 is 0 Å². The second-order valence-electron chi connectivity index (χ2n) is 6.46. The predicted octanol–water partition coefficient (Wildman–Crippen LogP) is 2.19. The summed E-state index contributed by atoms with van der Waals surface area (Å²) in [5.41, 5.74) is 0.422. The summed E-state index contributed by atoms with van der Waals surface area (Å²) >= 11 is 0. The highest BCUT2D eigenvalue weighted by atomic mass is 32.2. The molecule has 0 aromatic heterocycles. The second kappa shape index (κ2) is 9.07. The van der Waals surface area contributed by atoms with Crippen LogP contribution in [-0.4, -0.2) is 47.2 Å². The molecule has 2 aromatic rings. The Morgan fingerprint density at radius 3 is 2.50 bits per heavy atom. The molecule has 0 radical (unpaired) electrons. The van der Waals surface area contributed by atoms with Crippen molar-refractivity contribution in [1.29, 1.82) is 0 Å². The van der Waals surface area contributed by atoms with Gasteiger partial charge in [-0.05, 0) is 49.2 Å². The smallest absolute Gasteiger partial charge is 0.264 e. The number of amides is 1. The molecule has 150 valence electrons. The molecule has 1 saturated heterocycles. The Hall–Kier alpha value is -2.58. The van der Waals surface area contributed by atoms with E-state index in [-0.39, 0.29) is 23.5 Å². The third-order valence-corrected chi connectivity index (χ3v) is 6.32. The number of nitrogens with zero attached hydrogens (tertiary/aromatic N) is 1. The van der Waals surface area contributed by atoms with Gasteiger partial charge in [-0.2, -0.15) is 0 Å². The van der Waals surface area contributed by atoms with Crippen molar-refractivity contribution in [3.8, 4) is 5.75 Å². The van der Waals surface area contributed by atoms with Gasteiger partial charge in [0.2, 0.25) is 5.91 Å². The van der Waals surface area contributed by atoms with E-state index in [4.69, 9.17) is 9.47 Å². The van der Waals surface area contributed by atoms with E-state index in [1.54, 1.807) is 42.5 Å². The molecular formula is C20H24N2O5S. The van der Waals surface area contributed by atoms with Crippen molar-refractivity contribution in [2.75, 3.05) is 31.1 Å². The van der Waals surface area contributed by atoms with E-state index in [1.807, 2.05) is 0 Å². The van der Waals surface area contributed by atoms with Gasteiger partial charge in [0.25, 0.3) is 10.0 Å². The predicted molar refractivity (Wildman–Crippen MR) is 106 cm³/mol. The summed E-state index contributed by atoms with van der Waals surface area (Å²) in [4.78, 5) is 12.6. The summed E-state index contributed by atoms with van der Waals surface area (Å²) in [6.07, 6.45) is 1.86. The fourth-order valence-electron chi connectivity index (χ4n) is 3.00. The first-order valence-electron chi connectivity index (χ1n) is 9.11. The number of methoxy groups -OCH3 is 1. The van der Waals surface area contributed by atoms with Gasteiger partial charge in [0.15, 0.2) is 0 Å². The van der Waals surface area contributed by atoms with Crippen LogP contribution in [0.3, 0.4) is 0 Å². The molecule has 1 fully saturated rings. The number of anilines is 1. The molecule has 0 aliphatic carbocycles. The summed E-state index contributed by atoms with van der Waals surface area (Å²) in [6, 6.07) is 14.7. The largest absolute Gasteiger partial charge is 0.497 e. The highest BCUT2D eigenvalue weighted by molar-refractivity contribution is 7.92. The minimum atomic E-state index is -3.93. The van der Waals surface area contributed by atoms with Gasteiger partial charge in [0, 0.05) is 13.2 Å². The highest BCUT2D eigenvalue weighted by Gasteiger charge is 2.27. The van der Waals surface area contributed by atoms with Crippen LogP contribution < -0.4 is 14.4 Å². The Kier molecular flexibility index (Phi) is 6.53. The van der Waals surface area contributed by atoms with Crippen molar-refractivity contribution in [2.24, 2.45) is 0 Å². The van der Waals surface area contributed by atoms with Crippen LogP contribution in [0.5, 0.6) is 5.75 Å². The topological polar surface area (TPSA) is 84.9 Å². The summed E-state index contributed by atoms with van der Waals surface area (Å²) in [5, 5.41) is 2.78. The lowest BCUT2D eigenvalue weighted by molar-refractivity contribution is -0.120. The molecule has 0 saturated carbocycles. The minimum Gasteiger partial charge on any atom is -0.497 e. The van der Waals surface area contributed by atoms with Gasteiger partial charge in [-0.25, -0.2) is 8.42 Å². The third kappa shape index (κ3) is 4.82. The Morgan fingerprint density at radius 1 is 1.18 bits per heavy atom. The molecule has 1 aliphatic rings. The standard InChI is InChI=1S/C20H24N2O5S/c1-26-17-9-11-19(12-10-17)28(24,25)22(16-6-3-2-4-7-16)15-20(23)21-14-18-8-5-13-27-18/h2-4,6-7,9-12,18H,5,8,13-15H2,1H3,(H,21,23). The van der Waals surface area contributed by atoms with E-state index in [0.717, 1.165) is 17.1 Å². The molecule has 1 aliphatic heterocycles. The monoisotopic (exact) mass is 404 g/mol. The number of ether oxygens (including phenoxy) is 2. The van der Waals surface area contributed by atoms with Crippen molar-refractivity contribution < 1.29 is 22.7 Å². The van der Waals surface area contributed by atoms with Crippen LogP contribution in [0.25, 0.3) is 0 Å². The lowest BCUT2D eigenvalue weighted by atomic mass is 10.2. The SMILES string of the molecule is COc1ccc(S(=O)(=O)N(CC(=O)NCC2CCCO2)c2ccccc2)cc1. The normalized spacial score (nSPS) is 16.5. The van der Waals surface area contributed by atoms with Crippen molar-refractivity contribution >= 4 is 21.6 Å². The van der Waals surface area contributed by atoms with E-state index >= 15 is 0 Å². The molecular weight excluding hydrogens is 380 g/mol. The molecule has 7 nitrogen and oxygen atoms in total. The molecule has 1 amide bonds. The van der Waals surface area contributed by atoms with Crippen molar-refractivity contribution in [1.82, 2.24) is 5.32 Å². The van der Waals surface area contributed by atoms with Crippen LogP contribution in [0.1, 0.15) is 12.8 Å². The Labute approximate surface area is 165 Å². The fraction of sp³-hybridized carbons (Fsp3) is 0.350. The zero-order valence-corrected chi connectivity index (χ0v) is 16.5. The van der Waals surface area contributed by atoms with Gasteiger partial charge in [-0.1, -0.05) is 18.2 Å². The number of sulfonamides is 1. The average molecular weight is 404 g/mol. The number of para-hydroxylation sites is 1. The van der Waals surface area contributed by atoms with Crippen LogP contribution in [0.4, 0.5) is 5.69 Å². The quantitative estimate of drug-likeness (QED) is 0.729. The van der Waals surface area contributed by atoms with Crippen molar-refractivity contribution in [2.45, 2.75) is 23.8 Å². The summed E-state index contributed by atoms with van der Waals surface area (Å²) in [7, 11) is -2.41. The number of rotatable bonds is 8. The molecule has 1 unspecified atom stereocenters. The fourth-order valence-corrected chi connectivity index (χ4v) is 4.42. The van der Waals surface area contributed by atoms with Crippen LogP contribution in [0.15, 0.2) is 59.5 Å². The molecule has 28 heavy (non-hydrogen) atoms. The Bertz CT molecular complexity index is 879. The van der Waals surface area contributed by atoms with Gasteiger partial charge in [-0.3, -0.25) is 9.10 Å². The van der Waals surface area contributed by atoms with Gasteiger partial charge < -0.3 is 14.8 Å². The first-order chi connectivity index (χ1) is 13.5. The summed E-state index contributed by atoms with van der Waals surface area (Å²) < 4.78 is 38.1. The van der Waals surface area contributed by atoms with Crippen LogP contribution in [-0.2, 0) is 19.6 Å². The minimum absolute atomic E-state index is 0.00711. The van der Waals surface area contributed by atoms with E-state index < -0.39 is 10.0 Å². The lowest BCUT2D eigenvalue weighted by Crippen LogP contribution is -2.42. The molecule has 3 rings (SSSR count). The molecule has 2 aromatic carbocycles. The van der Waals surface area contributed by atoms with Crippen LogP contribution >= 0.6 is 0 Å². The molecule has 8 heteroatoms. The average Bonchev–Trinajstić information content (AvgIpc) is 3.25. The third-order valence-electron chi connectivity index (χ3n) is 4.53. The summed E-state index contributed by atoms with van der Waals surface area (Å²) in [5.74, 6) is 0.177. The van der Waals surface area contributed by atoms with Crippen molar-refractivity contribution in [3.05, 3.63) is 54.6 Å². The molecule has 1 N–H and O–H groups in total. The molecule has 0 spiro atoms. The Morgan fingerprint density at radius 2 is 1.89 bits per heavy atom. The van der Waals surface area contributed by atoms with Crippen molar-refractivity contribution in [3.63, 3.8) is 0 Å². The first-order valence-corrected chi connectivity index (χ1v) is 10.5. The van der Waals surface area contributed by atoms with E-state index in [1.165, 1.54) is 19.2 Å². The Balaban J connectivity index is 1.80. The van der Waals surface area contributed by atoms with Crippen LogP contribution in [0.2, 0.25) is 0 Å². The van der Waals surface area contributed by atoms with E-state index in [2.05, 4.69) is 5.32 Å². The molecule has 1 atom stereocenters. The highest BCUT2D eigenvalue weighted by Crippen LogP contribution is 2.24. The first kappa shape index (κ1) is 20.2. The van der Waals surface area contributed by atoms with Crippen LogP contribution in [0, 0.1) is 0 Å². The molecule has 0 bridgehead atoms. The second-order valence-corrected chi connectivity index (χ2v) is 8.32. The van der Waals surface area contributed by atoms with Gasteiger partial charge in [0.05, 0.1) is 23.8 Å². The number of hydrogen-bond acceptors (Lipinski definition) is 5. The lowest BCUT2D eigenvalue weighted by Gasteiger charge is -2.24. The zero-order chi connectivity index (χ0) is 20.0. The maximum absolute atomic E-state index is 13.2. The number of carbonyl (C=O) groups is 1. The maximum atomic E-state index is 13.2. The number of hydrogen-bond donors (Lipinski definition) is 1. The molecule has 1 heterocycles. The number of carbonyl (C=O) groups excluding carboxylic acids is 1. The maximum Gasteiger partial charge on any atom is 0.264 e.